The first-order valence-corrected chi connectivity index (χ1v) is 5.17. The predicted molar refractivity (Wildman–Crippen MR) is 52.4 cm³/mol. The third kappa shape index (κ3) is 2.92. The first-order chi connectivity index (χ1) is 6.83. The summed E-state index contributed by atoms with van der Waals surface area (Å²) in [5.41, 5.74) is 0. The molecule has 2 unspecified atom stereocenters. The average Bonchev–Trinajstić information content (AvgIpc) is 2.58. The highest BCUT2D eigenvalue weighted by Crippen LogP contribution is 2.20. The Labute approximate surface area is 85.5 Å². The Kier molecular flexibility index (Phi) is 5.40. The first-order valence-electron chi connectivity index (χ1n) is 5.17. The molecule has 84 valence electrons. The Morgan fingerprint density at radius 3 is 2.64 bits per heavy atom. The summed E-state index contributed by atoms with van der Waals surface area (Å²) in [4.78, 5) is 0. The van der Waals surface area contributed by atoms with Crippen molar-refractivity contribution < 1.29 is 18.9 Å². The van der Waals surface area contributed by atoms with E-state index in [1.165, 1.54) is 0 Å². The standard InChI is InChI=1S/C10H20O4/c1-4-12-6-9-10(13-5-2)8(11-3)7-14-9/h8-10H,4-7H2,1-3H3/t8?,9-,10?/m1/s1. The van der Waals surface area contributed by atoms with Crippen LogP contribution < -0.4 is 0 Å². The van der Waals surface area contributed by atoms with Gasteiger partial charge in [0.15, 0.2) is 0 Å². The van der Waals surface area contributed by atoms with E-state index in [0.29, 0.717) is 26.4 Å². The Morgan fingerprint density at radius 1 is 1.29 bits per heavy atom. The van der Waals surface area contributed by atoms with Crippen LogP contribution in [0.4, 0.5) is 0 Å². The third-order valence-corrected chi connectivity index (χ3v) is 2.36. The van der Waals surface area contributed by atoms with Gasteiger partial charge in [-0.25, -0.2) is 0 Å². The monoisotopic (exact) mass is 204 g/mol. The van der Waals surface area contributed by atoms with Crippen LogP contribution >= 0.6 is 0 Å². The van der Waals surface area contributed by atoms with Crippen molar-refractivity contribution in [3.8, 4) is 0 Å². The lowest BCUT2D eigenvalue weighted by Crippen LogP contribution is -2.37. The van der Waals surface area contributed by atoms with Crippen LogP contribution in [0.1, 0.15) is 13.8 Å². The summed E-state index contributed by atoms with van der Waals surface area (Å²) in [6.07, 6.45) is 0.0665. The van der Waals surface area contributed by atoms with Gasteiger partial charge in [0.25, 0.3) is 0 Å². The zero-order valence-electron chi connectivity index (χ0n) is 9.19. The van der Waals surface area contributed by atoms with E-state index in [4.69, 9.17) is 18.9 Å². The Hall–Kier alpha value is -0.160. The minimum absolute atomic E-state index is 0.0107. The SMILES string of the molecule is CCOC[C@H]1OCC(OC)C1OCC. The van der Waals surface area contributed by atoms with Crippen LogP contribution in [-0.2, 0) is 18.9 Å². The number of ether oxygens (including phenoxy) is 4. The maximum Gasteiger partial charge on any atom is 0.114 e. The molecule has 0 radical (unpaired) electrons. The smallest absolute Gasteiger partial charge is 0.114 e. The molecule has 0 saturated carbocycles. The maximum absolute atomic E-state index is 5.59. The van der Waals surface area contributed by atoms with E-state index in [1.54, 1.807) is 7.11 Å². The molecule has 0 bridgehead atoms. The molecule has 0 aliphatic carbocycles. The minimum atomic E-state index is 0.0107. The zero-order valence-corrected chi connectivity index (χ0v) is 9.19. The van der Waals surface area contributed by atoms with E-state index in [2.05, 4.69) is 0 Å². The van der Waals surface area contributed by atoms with Crippen molar-refractivity contribution in [2.75, 3.05) is 33.5 Å². The van der Waals surface area contributed by atoms with Gasteiger partial charge in [0.2, 0.25) is 0 Å². The molecule has 1 rings (SSSR count). The molecule has 1 saturated heterocycles. The van der Waals surface area contributed by atoms with Crippen molar-refractivity contribution in [3.05, 3.63) is 0 Å². The van der Waals surface area contributed by atoms with Crippen LogP contribution in [0, 0.1) is 0 Å². The topological polar surface area (TPSA) is 36.9 Å². The molecule has 0 N–H and O–H groups in total. The number of rotatable bonds is 6. The number of methoxy groups -OCH3 is 1. The van der Waals surface area contributed by atoms with Gasteiger partial charge in [0, 0.05) is 20.3 Å². The maximum atomic E-state index is 5.59. The fraction of sp³-hybridized carbons (Fsp3) is 1.00. The van der Waals surface area contributed by atoms with Crippen LogP contribution in [0.3, 0.4) is 0 Å². The van der Waals surface area contributed by atoms with Gasteiger partial charge in [-0.2, -0.15) is 0 Å². The molecule has 3 atom stereocenters. The summed E-state index contributed by atoms with van der Waals surface area (Å²) < 4.78 is 21.7. The van der Waals surface area contributed by atoms with Gasteiger partial charge in [-0.15, -0.1) is 0 Å². The second-order valence-corrected chi connectivity index (χ2v) is 3.23. The summed E-state index contributed by atoms with van der Waals surface area (Å²) in [6, 6.07) is 0. The lowest BCUT2D eigenvalue weighted by Gasteiger charge is -2.21. The Balaban J connectivity index is 2.40. The normalized spacial score (nSPS) is 32.4. The van der Waals surface area contributed by atoms with Crippen molar-refractivity contribution in [1.29, 1.82) is 0 Å². The molecule has 4 nitrogen and oxygen atoms in total. The van der Waals surface area contributed by atoms with Crippen molar-refractivity contribution in [2.45, 2.75) is 32.2 Å². The summed E-state index contributed by atoms with van der Waals surface area (Å²) in [5, 5.41) is 0. The van der Waals surface area contributed by atoms with Gasteiger partial charge in [-0.05, 0) is 13.8 Å². The van der Waals surface area contributed by atoms with Crippen molar-refractivity contribution in [1.82, 2.24) is 0 Å². The quantitative estimate of drug-likeness (QED) is 0.642. The van der Waals surface area contributed by atoms with E-state index in [-0.39, 0.29) is 18.3 Å². The molecule has 4 heteroatoms. The van der Waals surface area contributed by atoms with Gasteiger partial charge in [-0.1, -0.05) is 0 Å². The Morgan fingerprint density at radius 2 is 2.07 bits per heavy atom. The first kappa shape index (κ1) is 11.9. The van der Waals surface area contributed by atoms with Crippen molar-refractivity contribution in [2.24, 2.45) is 0 Å². The van der Waals surface area contributed by atoms with Crippen molar-refractivity contribution >= 4 is 0 Å². The molecule has 0 aromatic rings. The van der Waals surface area contributed by atoms with Crippen LogP contribution in [0.2, 0.25) is 0 Å². The summed E-state index contributed by atoms with van der Waals surface area (Å²) in [5.74, 6) is 0. The van der Waals surface area contributed by atoms with Gasteiger partial charge in [0.05, 0.1) is 13.2 Å². The van der Waals surface area contributed by atoms with Gasteiger partial charge in [-0.3, -0.25) is 0 Å². The summed E-state index contributed by atoms with van der Waals surface area (Å²) >= 11 is 0. The summed E-state index contributed by atoms with van der Waals surface area (Å²) in [6.45, 7) is 6.51. The van der Waals surface area contributed by atoms with E-state index < -0.39 is 0 Å². The fourth-order valence-corrected chi connectivity index (χ4v) is 1.63. The zero-order chi connectivity index (χ0) is 10.4. The highest BCUT2D eigenvalue weighted by atomic mass is 16.6. The average molecular weight is 204 g/mol. The third-order valence-electron chi connectivity index (χ3n) is 2.36. The van der Waals surface area contributed by atoms with Gasteiger partial charge in [0.1, 0.15) is 18.3 Å². The highest BCUT2D eigenvalue weighted by molar-refractivity contribution is 4.85. The molecular formula is C10H20O4. The minimum Gasteiger partial charge on any atom is -0.379 e. The van der Waals surface area contributed by atoms with E-state index >= 15 is 0 Å². The van der Waals surface area contributed by atoms with Crippen molar-refractivity contribution in [3.63, 3.8) is 0 Å². The van der Waals surface area contributed by atoms with E-state index in [0.717, 1.165) is 0 Å². The summed E-state index contributed by atoms with van der Waals surface area (Å²) in [7, 11) is 1.68. The number of hydrogen-bond acceptors (Lipinski definition) is 4. The van der Waals surface area contributed by atoms with E-state index in [1.807, 2.05) is 13.8 Å². The second kappa shape index (κ2) is 6.35. The molecule has 0 aromatic carbocycles. The largest absolute Gasteiger partial charge is 0.379 e. The molecule has 1 aliphatic heterocycles. The molecule has 1 aliphatic rings. The molecule has 1 heterocycles. The van der Waals surface area contributed by atoms with Gasteiger partial charge >= 0.3 is 0 Å². The highest BCUT2D eigenvalue weighted by Gasteiger charge is 2.38. The van der Waals surface area contributed by atoms with Gasteiger partial charge < -0.3 is 18.9 Å². The Bertz CT molecular complexity index is 151. The number of hydrogen-bond donors (Lipinski definition) is 0. The molecular weight excluding hydrogens is 184 g/mol. The van der Waals surface area contributed by atoms with E-state index in [9.17, 15) is 0 Å². The molecule has 14 heavy (non-hydrogen) atoms. The van der Waals surface area contributed by atoms with Crippen LogP contribution in [0.25, 0.3) is 0 Å². The lowest BCUT2D eigenvalue weighted by atomic mass is 10.1. The molecule has 0 aromatic heterocycles. The van der Waals surface area contributed by atoms with Crippen LogP contribution in [0.5, 0.6) is 0 Å². The van der Waals surface area contributed by atoms with Crippen LogP contribution in [-0.4, -0.2) is 51.8 Å². The molecule has 0 spiro atoms. The van der Waals surface area contributed by atoms with Crippen LogP contribution in [0.15, 0.2) is 0 Å². The molecule has 1 fully saturated rings. The molecule has 0 amide bonds. The second-order valence-electron chi connectivity index (χ2n) is 3.23. The fourth-order valence-electron chi connectivity index (χ4n) is 1.63. The predicted octanol–water partition coefficient (Wildman–Crippen LogP) is 0.842. The lowest BCUT2D eigenvalue weighted by molar-refractivity contribution is -0.0666.